The van der Waals surface area contributed by atoms with E-state index in [1.807, 2.05) is 24.3 Å². The molecule has 114 valence electrons. The Kier molecular flexibility index (Phi) is 7.14. The lowest BCUT2D eigenvalue weighted by molar-refractivity contribution is 0.0254. The monoisotopic (exact) mass is 288 g/mol. The molecule has 1 saturated carbocycles. The highest BCUT2D eigenvalue weighted by Crippen LogP contribution is 2.19. The van der Waals surface area contributed by atoms with Crippen LogP contribution in [-0.2, 0) is 4.74 Å². The molecule has 0 unspecified atom stereocenters. The summed E-state index contributed by atoms with van der Waals surface area (Å²) in [5.41, 5.74) is 0.881. The van der Waals surface area contributed by atoms with Crippen LogP contribution in [0.1, 0.15) is 44.1 Å². The summed E-state index contributed by atoms with van der Waals surface area (Å²) < 4.78 is 11.6. The Balaban J connectivity index is 1.66. The molecule has 1 aliphatic carbocycles. The maximum absolute atomic E-state index is 8.64. The van der Waals surface area contributed by atoms with Gasteiger partial charge in [0.25, 0.3) is 0 Å². The molecule has 0 spiro atoms. The lowest BCUT2D eigenvalue weighted by Gasteiger charge is -2.15. The fourth-order valence-electron chi connectivity index (χ4n) is 2.56. The van der Waals surface area contributed by atoms with Gasteiger partial charge in [0, 0.05) is 5.56 Å². The molecule has 1 N–H and O–H groups in total. The fourth-order valence-corrected chi connectivity index (χ4v) is 2.56. The van der Waals surface area contributed by atoms with Crippen molar-refractivity contribution in [2.45, 2.75) is 44.6 Å². The molecule has 0 radical (unpaired) electrons. The number of hydrogen-bond donors (Lipinski definition) is 1. The van der Waals surface area contributed by atoms with Crippen LogP contribution in [0, 0.1) is 11.8 Å². The van der Waals surface area contributed by atoms with Gasteiger partial charge in [-0.15, -0.1) is 0 Å². The molecule has 0 saturated heterocycles. The highest BCUT2D eigenvalue weighted by atomic mass is 16.5. The Morgan fingerprint density at radius 2 is 1.71 bits per heavy atom. The van der Waals surface area contributed by atoms with E-state index >= 15 is 0 Å². The van der Waals surface area contributed by atoms with E-state index < -0.39 is 0 Å². The molecule has 1 aromatic rings. The zero-order chi connectivity index (χ0) is 14.8. The molecule has 1 fully saturated rings. The number of aliphatic hydroxyl groups is 1. The van der Waals surface area contributed by atoms with Crippen molar-refractivity contribution >= 4 is 0 Å². The zero-order valence-electron chi connectivity index (χ0n) is 12.5. The van der Waals surface area contributed by atoms with E-state index in [0.717, 1.165) is 11.3 Å². The van der Waals surface area contributed by atoms with Gasteiger partial charge in [0.1, 0.15) is 19.0 Å². The molecule has 0 aromatic heterocycles. The predicted molar refractivity (Wildman–Crippen MR) is 83.3 cm³/mol. The second-order valence-electron chi connectivity index (χ2n) is 5.32. The van der Waals surface area contributed by atoms with Crippen molar-refractivity contribution in [1.82, 2.24) is 0 Å². The first-order valence-corrected chi connectivity index (χ1v) is 7.82. The molecule has 0 atom stereocenters. The van der Waals surface area contributed by atoms with Crippen LogP contribution in [0.3, 0.4) is 0 Å². The van der Waals surface area contributed by atoms with Gasteiger partial charge in [-0.2, -0.15) is 0 Å². The quantitative estimate of drug-likeness (QED) is 0.514. The second-order valence-corrected chi connectivity index (χ2v) is 5.32. The van der Waals surface area contributed by atoms with E-state index in [-0.39, 0.29) is 6.61 Å². The van der Waals surface area contributed by atoms with Crippen molar-refractivity contribution in [2.24, 2.45) is 0 Å². The first-order chi connectivity index (χ1) is 10.4. The lowest BCUT2D eigenvalue weighted by Crippen LogP contribution is -2.16. The highest BCUT2D eigenvalue weighted by molar-refractivity contribution is 5.38. The third-order valence-corrected chi connectivity index (χ3v) is 3.67. The number of rotatable bonds is 5. The van der Waals surface area contributed by atoms with Gasteiger partial charge in [-0.1, -0.05) is 37.5 Å². The molecule has 3 heteroatoms. The zero-order valence-corrected chi connectivity index (χ0v) is 12.5. The van der Waals surface area contributed by atoms with Gasteiger partial charge in [0.2, 0.25) is 0 Å². The van der Waals surface area contributed by atoms with Crippen LogP contribution in [0.5, 0.6) is 5.75 Å². The Hall–Kier alpha value is -1.50. The molecule has 0 amide bonds. The maximum Gasteiger partial charge on any atom is 0.119 e. The number of benzene rings is 1. The smallest absolute Gasteiger partial charge is 0.119 e. The van der Waals surface area contributed by atoms with E-state index in [1.165, 1.54) is 38.5 Å². The normalized spacial score (nSPS) is 15.9. The molecule has 2 rings (SSSR count). The number of aliphatic hydroxyl groups excluding tert-OH is 1. The summed E-state index contributed by atoms with van der Waals surface area (Å²) in [6, 6.07) is 7.58. The second kappa shape index (κ2) is 9.44. The van der Waals surface area contributed by atoms with E-state index in [9.17, 15) is 0 Å². The van der Waals surface area contributed by atoms with Crippen molar-refractivity contribution in [2.75, 3.05) is 19.8 Å². The van der Waals surface area contributed by atoms with Gasteiger partial charge in [-0.3, -0.25) is 0 Å². The van der Waals surface area contributed by atoms with Crippen LogP contribution >= 0.6 is 0 Å². The topological polar surface area (TPSA) is 38.7 Å². The van der Waals surface area contributed by atoms with Crippen LogP contribution in [0.4, 0.5) is 0 Å². The van der Waals surface area contributed by atoms with Crippen LogP contribution in [-0.4, -0.2) is 31.0 Å². The summed E-state index contributed by atoms with van der Waals surface area (Å²) in [6.07, 6.45) is 8.09. The Morgan fingerprint density at radius 1 is 1.00 bits per heavy atom. The molecule has 0 heterocycles. The van der Waals surface area contributed by atoms with E-state index in [4.69, 9.17) is 14.6 Å². The summed E-state index contributed by atoms with van der Waals surface area (Å²) in [5.74, 6) is 6.31. The summed E-state index contributed by atoms with van der Waals surface area (Å²) in [5, 5.41) is 8.64. The summed E-state index contributed by atoms with van der Waals surface area (Å²) >= 11 is 0. The molecule has 3 nitrogen and oxygen atoms in total. The highest BCUT2D eigenvalue weighted by Gasteiger charge is 2.12. The molecule has 21 heavy (non-hydrogen) atoms. The van der Waals surface area contributed by atoms with Crippen LogP contribution < -0.4 is 4.74 Å². The SMILES string of the molecule is OCC#Cc1ccc(OCCOC2CCCCCC2)cc1. The summed E-state index contributed by atoms with van der Waals surface area (Å²) in [4.78, 5) is 0. The average Bonchev–Trinajstić information content (AvgIpc) is 2.79. The minimum Gasteiger partial charge on any atom is -0.491 e. The van der Waals surface area contributed by atoms with E-state index in [2.05, 4.69) is 11.8 Å². The molecule has 1 aliphatic rings. The maximum atomic E-state index is 8.64. The third kappa shape index (κ3) is 6.20. The molecular formula is C18H24O3. The Labute approximate surface area is 127 Å². The fraction of sp³-hybridized carbons (Fsp3) is 0.556. The minimum atomic E-state index is -0.114. The van der Waals surface area contributed by atoms with Crippen molar-refractivity contribution in [3.63, 3.8) is 0 Å². The lowest BCUT2D eigenvalue weighted by atomic mass is 10.1. The summed E-state index contributed by atoms with van der Waals surface area (Å²) in [6.45, 7) is 1.12. The molecule has 0 bridgehead atoms. The van der Waals surface area contributed by atoms with Crippen molar-refractivity contribution in [3.8, 4) is 17.6 Å². The first kappa shape index (κ1) is 15.9. The largest absolute Gasteiger partial charge is 0.491 e. The Morgan fingerprint density at radius 3 is 2.38 bits per heavy atom. The standard InChI is InChI=1S/C18H24O3/c19-13-5-6-16-9-11-18(12-10-16)21-15-14-20-17-7-3-1-2-4-8-17/h9-12,17,19H,1-4,7-8,13-15H2. The van der Waals surface area contributed by atoms with Crippen molar-refractivity contribution in [1.29, 1.82) is 0 Å². The van der Waals surface area contributed by atoms with Gasteiger partial charge >= 0.3 is 0 Å². The van der Waals surface area contributed by atoms with Crippen molar-refractivity contribution in [3.05, 3.63) is 29.8 Å². The van der Waals surface area contributed by atoms with Crippen LogP contribution in [0.15, 0.2) is 24.3 Å². The molecule has 1 aromatic carbocycles. The number of ether oxygens (including phenoxy) is 2. The summed E-state index contributed by atoms with van der Waals surface area (Å²) in [7, 11) is 0. The Bertz CT molecular complexity index is 448. The van der Waals surface area contributed by atoms with Crippen LogP contribution in [0.2, 0.25) is 0 Å². The minimum absolute atomic E-state index is 0.114. The predicted octanol–water partition coefficient (Wildman–Crippen LogP) is 3.15. The van der Waals surface area contributed by atoms with Gasteiger partial charge in [0.15, 0.2) is 0 Å². The van der Waals surface area contributed by atoms with Gasteiger partial charge in [-0.05, 0) is 37.1 Å². The van der Waals surface area contributed by atoms with E-state index in [1.54, 1.807) is 0 Å². The van der Waals surface area contributed by atoms with Crippen LogP contribution in [0.25, 0.3) is 0 Å². The molecular weight excluding hydrogens is 264 g/mol. The third-order valence-electron chi connectivity index (χ3n) is 3.67. The van der Waals surface area contributed by atoms with Gasteiger partial charge in [0.05, 0.1) is 12.7 Å². The van der Waals surface area contributed by atoms with Crippen molar-refractivity contribution < 1.29 is 14.6 Å². The van der Waals surface area contributed by atoms with Gasteiger partial charge in [-0.25, -0.2) is 0 Å². The number of hydrogen-bond acceptors (Lipinski definition) is 3. The average molecular weight is 288 g/mol. The van der Waals surface area contributed by atoms with Gasteiger partial charge < -0.3 is 14.6 Å². The molecule has 0 aliphatic heterocycles. The van der Waals surface area contributed by atoms with E-state index in [0.29, 0.717) is 19.3 Å². The first-order valence-electron chi connectivity index (χ1n) is 7.82.